The van der Waals surface area contributed by atoms with Crippen LogP contribution in [0.25, 0.3) is 5.78 Å². The molecule has 6 nitrogen and oxygen atoms in total. The molecule has 1 amide bonds. The SMILES string of the molecule is Cc1nc2nc(CC(=O)NC(C)C)nn2c(C)c1Cc1ccc(Cl)cc1. The first-order valence-electron chi connectivity index (χ1n) is 8.59. The van der Waals surface area contributed by atoms with Gasteiger partial charge in [0.05, 0.1) is 6.42 Å². The van der Waals surface area contributed by atoms with Crippen LogP contribution in [-0.4, -0.2) is 31.5 Å². The second-order valence-electron chi connectivity index (χ2n) is 6.70. The number of fused-ring (bicyclic) bond motifs is 1. The van der Waals surface area contributed by atoms with Gasteiger partial charge in [-0.25, -0.2) is 9.50 Å². The molecule has 0 aliphatic heterocycles. The van der Waals surface area contributed by atoms with Crippen molar-refractivity contribution in [3.05, 3.63) is 57.6 Å². The minimum Gasteiger partial charge on any atom is -0.354 e. The number of rotatable bonds is 5. The molecule has 3 rings (SSSR count). The number of aromatic nitrogens is 4. The van der Waals surface area contributed by atoms with E-state index in [-0.39, 0.29) is 18.4 Å². The predicted octanol–water partition coefficient (Wildman–Crippen LogP) is 3.05. The maximum absolute atomic E-state index is 12.0. The minimum atomic E-state index is -0.0910. The summed E-state index contributed by atoms with van der Waals surface area (Å²) in [4.78, 5) is 20.9. The van der Waals surface area contributed by atoms with Crippen LogP contribution in [-0.2, 0) is 17.6 Å². The quantitative estimate of drug-likeness (QED) is 0.748. The van der Waals surface area contributed by atoms with Crippen molar-refractivity contribution in [1.29, 1.82) is 0 Å². The number of hydrogen-bond acceptors (Lipinski definition) is 4. The first-order chi connectivity index (χ1) is 12.3. The molecule has 0 aliphatic carbocycles. The summed E-state index contributed by atoms with van der Waals surface area (Å²) in [6, 6.07) is 7.87. The Balaban J connectivity index is 1.91. The highest BCUT2D eigenvalue weighted by atomic mass is 35.5. The van der Waals surface area contributed by atoms with E-state index in [1.165, 1.54) is 0 Å². The maximum Gasteiger partial charge on any atom is 0.252 e. The highest BCUT2D eigenvalue weighted by molar-refractivity contribution is 6.30. The molecule has 7 heteroatoms. The lowest BCUT2D eigenvalue weighted by Crippen LogP contribution is -2.31. The van der Waals surface area contributed by atoms with Crippen LogP contribution in [0.1, 0.15) is 42.2 Å². The number of carbonyl (C=O) groups is 1. The molecule has 0 aliphatic rings. The van der Waals surface area contributed by atoms with E-state index >= 15 is 0 Å². The number of hydrogen-bond donors (Lipinski definition) is 1. The van der Waals surface area contributed by atoms with E-state index in [1.54, 1.807) is 4.52 Å². The maximum atomic E-state index is 12.0. The van der Waals surface area contributed by atoms with Gasteiger partial charge in [-0.15, -0.1) is 5.10 Å². The smallest absolute Gasteiger partial charge is 0.252 e. The van der Waals surface area contributed by atoms with Gasteiger partial charge in [0.1, 0.15) is 0 Å². The molecule has 0 atom stereocenters. The molecule has 2 aromatic heterocycles. The summed E-state index contributed by atoms with van der Waals surface area (Å²) in [6.45, 7) is 7.82. The second kappa shape index (κ2) is 7.41. The highest BCUT2D eigenvalue weighted by Gasteiger charge is 2.16. The normalized spacial score (nSPS) is 11.3. The fourth-order valence-electron chi connectivity index (χ4n) is 2.90. The average Bonchev–Trinajstić information content (AvgIpc) is 2.94. The van der Waals surface area contributed by atoms with Crippen LogP contribution < -0.4 is 5.32 Å². The minimum absolute atomic E-state index is 0.0904. The van der Waals surface area contributed by atoms with Crippen molar-refractivity contribution < 1.29 is 4.79 Å². The third kappa shape index (κ3) is 4.02. The number of aryl methyl sites for hydroxylation is 2. The van der Waals surface area contributed by atoms with Gasteiger partial charge in [0.2, 0.25) is 5.91 Å². The Morgan fingerprint density at radius 3 is 2.54 bits per heavy atom. The standard InChI is InChI=1S/C19H22ClN5O/c1-11(2)21-18(26)10-17-23-19-22-12(3)16(13(4)25(19)24-17)9-14-5-7-15(20)8-6-14/h5-8,11H,9-10H2,1-4H3,(H,21,26). The number of carbonyl (C=O) groups excluding carboxylic acids is 1. The lowest BCUT2D eigenvalue weighted by Gasteiger charge is -2.10. The van der Waals surface area contributed by atoms with Gasteiger partial charge in [0, 0.05) is 28.9 Å². The monoisotopic (exact) mass is 371 g/mol. The summed E-state index contributed by atoms with van der Waals surface area (Å²) in [5, 5.41) is 8.05. The Hall–Kier alpha value is -2.47. The Labute approximate surface area is 157 Å². The van der Waals surface area contributed by atoms with Gasteiger partial charge in [-0.05, 0) is 51.0 Å². The second-order valence-corrected chi connectivity index (χ2v) is 7.14. The number of benzene rings is 1. The molecular weight excluding hydrogens is 350 g/mol. The molecule has 136 valence electrons. The van der Waals surface area contributed by atoms with Gasteiger partial charge < -0.3 is 5.32 Å². The Bertz CT molecular complexity index is 947. The first kappa shape index (κ1) is 18.3. The molecule has 1 aromatic carbocycles. The van der Waals surface area contributed by atoms with Crippen LogP contribution in [0.15, 0.2) is 24.3 Å². The third-order valence-electron chi connectivity index (χ3n) is 4.16. The molecule has 0 bridgehead atoms. The predicted molar refractivity (Wildman–Crippen MR) is 101 cm³/mol. The van der Waals surface area contributed by atoms with E-state index in [2.05, 4.69) is 20.4 Å². The van der Waals surface area contributed by atoms with E-state index in [0.29, 0.717) is 11.6 Å². The topological polar surface area (TPSA) is 72.2 Å². The molecular formula is C19H22ClN5O. The fourth-order valence-corrected chi connectivity index (χ4v) is 3.03. The van der Waals surface area contributed by atoms with Crippen molar-refractivity contribution in [3.8, 4) is 0 Å². The molecule has 3 aromatic rings. The first-order valence-corrected chi connectivity index (χ1v) is 8.97. The van der Waals surface area contributed by atoms with Crippen molar-refractivity contribution in [1.82, 2.24) is 24.9 Å². The number of nitrogens with zero attached hydrogens (tertiary/aromatic N) is 4. The van der Waals surface area contributed by atoms with E-state index in [4.69, 9.17) is 11.6 Å². The average molecular weight is 372 g/mol. The number of halogens is 1. The highest BCUT2D eigenvalue weighted by Crippen LogP contribution is 2.19. The zero-order chi connectivity index (χ0) is 18.8. The summed E-state index contributed by atoms with van der Waals surface area (Å²) in [6.07, 6.45) is 0.882. The van der Waals surface area contributed by atoms with Crippen molar-refractivity contribution in [2.75, 3.05) is 0 Å². The molecule has 0 spiro atoms. The summed E-state index contributed by atoms with van der Waals surface area (Å²) >= 11 is 5.96. The summed E-state index contributed by atoms with van der Waals surface area (Å²) in [5.41, 5.74) is 4.14. The number of amides is 1. The number of nitrogens with one attached hydrogen (secondary N) is 1. The van der Waals surface area contributed by atoms with Crippen molar-refractivity contribution in [2.24, 2.45) is 0 Å². The van der Waals surface area contributed by atoms with Crippen molar-refractivity contribution in [2.45, 2.75) is 46.6 Å². The molecule has 0 unspecified atom stereocenters. The molecule has 26 heavy (non-hydrogen) atoms. The van der Waals surface area contributed by atoms with E-state index < -0.39 is 0 Å². The van der Waals surface area contributed by atoms with Crippen molar-refractivity contribution >= 4 is 23.3 Å². The Kier molecular flexibility index (Phi) is 5.23. The molecule has 1 N–H and O–H groups in total. The Morgan fingerprint density at radius 1 is 1.19 bits per heavy atom. The van der Waals surface area contributed by atoms with Crippen molar-refractivity contribution in [3.63, 3.8) is 0 Å². The molecule has 0 radical (unpaired) electrons. The van der Waals surface area contributed by atoms with Gasteiger partial charge in [-0.2, -0.15) is 4.98 Å². The largest absolute Gasteiger partial charge is 0.354 e. The van der Waals surface area contributed by atoms with Gasteiger partial charge in [-0.3, -0.25) is 4.79 Å². The molecule has 0 saturated heterocycles. The lowest BCUT2D eigenvalue weighted by molar-refractivity contribution is -0.121. The van der Waals surface area contributed by atoms with E-state index in [9.17, 15) is 4.79 Å². The zero-order valence-electron chi connectivity index (χ0n) is 15.4. The van der Waals surface area contributed by atoms with Crippen LogP contribution >= 0.6 is 11.6 Å². The molecule has 0 saturated carbocycles. The van der Waals surface area contributed by atoms with Crippen LogP contribution in [0.4, 0.5) is 0 Å². The van der Waals surface area contributed by atoms with Crippen LogP contribution in [0.3, 0.4) is 0 Å². The van der Waals surface area contributed by atoms with E-state index in [1.807, 2.05) is 52.0 Å². The van der Waals surface area contributed by atoms with Gasteiger partial charge >= 0.3 is 0 Å². The van der Waals surface area contributed by atoms with Crippen LogP contribution in [0, 0.1) is 13.8 Å². The van der Waals surface area contributed by atoms with Gasteiger partial charge in [0.25, 0.3) is 5.78 Å². The zero-order valence-corrected chi connectivity index (χ0v) is 16.1. The van der Waals surface area contributed by atoms with E-state index in [0.717, 1.165) is 34.0 Å². The summed E-state index contributed by atoms with van der Waals surface area (Å²) < 4.78 is 1.72. The van der Waals surface area contributed by atoms with Gasteiger partial charge in [0.15, 0.2) is 5.82 Å². The summed E-state index contributed by atoms with van der Waals surface area (Å²) in [5.74, 6) is 0.903. The Morgan fingerprint density at radius 2 is 1.88 bits per heavy atom. The molecule has 0 fully saturated rings. The van der Waals surface area contributed by atoms with Crippen LogP contribution in [0.2, 0.25) is 5.02 Å². The summed E-state index contributed by atoms with van der Waals surface area (Å²) in [7, 11) is 0. The lowest BCUT2D eigenvalue weighted by atomic mass is 10.0. The third-order valence-corrected chi connectivity index (χ3v) is 4.41. The fraction of sp³-hybridized carbons (Fsp3) is 0.368. The van der Waals surface area contributed by atoms with Crippen LogP contribution in [0.5, 0.6) is 0 Å². The molecule has 2 heterocycles. The van der Waals surface area contributed by atoms with Gasteiger partial charge in [-0.1, -0.05) is 23.7 Å².